The van der Waals surface area contributed by atoms with Gasteiger partial charge in [-0.3, -0.25) is 9.48 Å². The quantitative estimate of drug-likeness (QED) is 0.303. The summed E-state index contributed by atoms with van der Waals surface area (Å²) in [6, 6.07) is 9.97. The molecule has 0 radical (unpaired) electrons. The van der Waals surface area contributed by atoms with Crippen molar-refractivity contribution in [3.8, 4) is 34.0 Å². The molecule has 2 aliphatic heterocycles. The molecule has 5 rings (SSSR count). The third-order valence-electron chi connectivity index (χ3n) is 5.82. The number of imidazole rings is 1. The number of amides is 1. The van der Waals surface area contributed by atoms with Crippen LogP contribution in [-0.2, 0) is 11.0 Å². The maximum absolute atomic E-state index is 14.2. The zero-order valence-electron chi connectivity index (χ0n) is 20.1. The molecule has 0 aliphatic carbocycles. The topological polar surface area (TPSA) is 98.7 Å². The number of alkyl halides is 3. The predicted octanol–water partition coefficient (Wildman–Crippen LogP) is 5.29. The number of benzene rings is 2. The first kappa shape index (κ1) is 25.1. The summed E-state index contributed by atoms with van der Waals surface area (Å²) in [5.41, 5.74) is 0.187. The molecule has 12 heteroatoms. The summed E-state index contributed by atoms with van der Waals surface area (Å²) in [5, 5.41) is 10.8. The van der Waals surface area contributed by atoms with E-state index >= 15 is 0 Å². The fourth-order valence-electron chi connectivity index (χ4n) is 4.05. The molecule has 0 fully saturated rings. The van der Waals surface area contributed by atoms with E-state index in [1.807, 2.05) is 0 Å². The van der Waals surface area contributed by atoms with Crippen molar-refractivity contribution in [2.75, 3.05) is 6.54 Å². The maximum atomic E-state index is 14.2. The summed E-state index contributed by atoms with van der Waals surface area (Å²) in [7, 11) is 0. The van der Waals surface area contributed by atoms with E-state index in [0.29, 0.717) is 17.0 Å². The highest BCUT2D eigenvalue weighted by Gasteiger charge is 2.35. The Morgan fingerprint density at radius 2 is 1.82 bits per heavy atom. The van der Waals surface area contributed by atoms with Crippen molar-refractivity contribution < 1.29 is 26.9 Å². The number of nitrogens with one attached hydrogen (secondary N) is 1. The minimum Gasteiger partial charge on any atom is -0.358 e. The molecule has 0 saturated heterocycles. The Hall–Kier alpha value is -4.61. The SMILES string of the molecule is CCNC(=O)C(c1cc(-c2ccc(C)cc2C(F)(F)F)no1)n1cc2nc(-c3ccccc3F)nc-2cn1. The van der Waals surface area contributed by atoms with E-state index in [1.165, 1.54) is 41.3 Å². The molecule has 0 spiro atoms. The van der Waals surface area contributed by atoms with Crippen LogP contribution >= 0.6 is 0 Å². The first-order valence-electron chi connectivity index (χ1n) is 11.5. The number of carbonyl (C=O) groups excluding carboxylic acids is 1. The Balaban J connectivity index is 1.57. The Labute approximate surface area is 213 Å². The van der Waals surface area contributed by atoms with Crippen molar-refractivity contribution in [1.29, 1.82) is 0 Å². The van der Waals surface area contributed by atoms with Gasteiger partial charge in [0.05, 0.1) is 23.5 Å². The molecule has 1 amide bonds. The average molecular weight is 524 g/mol. The van der Waals surface area contributed by atoms with Gasteiger partial charge < -0.3 is 9.84 Å². The molecule has 2 aromatic carbocycles. The minimum atomic E-state index is -4.62. The zero-order valence-corrected chi connectivity index (χ0v) is 20.1. The van der Waals surface area contributed by atoms with Crippen LogP contribution < -0.4 is 5.32 Å². The largest absolute Gasteiger partial charge is 0.417 e. The van der Waals surface area contributed by atoms with Crippen LogP contribution in [0, 0.1) is 12.7 Å². The van der Waals surface area contributed by atoms with Crippen LogP contribution in [0.25, 0.3) is 34.0 Å². The molecule has 8 nitrogen and oxygen atoms in total. The summed E-state index contributed by atoms with van der Waals surface area (Å²) in [6.07, 6.45) is -1.83. The van der Waals surface area contributed by atoms with E-state index in [1.54, 1.807) is 32.0 Å². The van der Waals surface area contributed by atoms with Crippen molar-refractivity contribution in [3.05, 3.63) is 83.6 Å². The van der Waals surface area contributed by atoms with Gasteiger partial charge in [-0.25, -0.2) is 14.4 Å². The number of aryl methyl sites for hydroxylation is 1. The molecule has 194 valence electrons. The van der Waals surface area contributed by atoms with Crippen LogP contribution in [0.3, 0.4) is 0 Å². The second-order valence-electron chi connectivity index (χ2n) is 8.51. The number of halogens is 4. The molecule has 38 heavy (non-hydrogen) atoms. The lowest BCUT2D eigenvalue weighted by molar-refractivity contribution is -0.137. The predicted molar refractivity (Wildman–Crippen MR) is 128 cm³/mol. The Morgan fingerprint density at radius 3 is 2.55 bits per heavy atom. The number of hydrogen-bond acceptors (Lipinski definition) is 6. The standard InChI is InChI=1S/C26H20F4N6O2/c1-3-31-25(37)23(22-11-19(35-38-22)15-9-8-14(2)10-17(15)26(28,29)30)36-13-21-20(12-32-36)33-24(34-21)16-6-4-5-7-18(16)27/h4-13,23H,3H2,1-2H3,(H,31,37). The number of carbonyl (C=O) groups is 1. The van der Waals surface area contributed by atoms with E-state index in [4.69, 9.17) is 4.52 Å². The second-order valence-corrected chi connectivity index (χ2v) is 8.51. The normalized spacial score (nSPS) is 12.6. The molecule has 2 aliphatic rings. The number of likely N-dealkylation sites (N-methyl/N-ethyl adjacent to an activating group) is 1. The molecular formula is C26H20F4N6O2. The van der Waals surface area contributed by atoms with Crippen LogP contribution in [0.15, 0.2) is 65.4 Å². The van der Waals surface area contributed by atoms with Gasteiger partial charge in [-0.05, 0) is 32.0 Å². The van der Waals surface area contributed by atoms with E-state index < -0.39 is 29.5 Å². The first-order chi connectivity index (χ1) is 18.2. The molecule has 0 bridgehead atoms. The molecule has 3 heterocycles. The van der Waals surface area contributed by atoms with Gasteiger partial charge >= 0.3 is 6.18 Å². The second kappa shape index (κ2) is 9.69. The summed E-state index contributed by atoms with van der Waals surface area (Å²) >= 11 is 0. The Bertz CT molecular complexity index is 1590. The molecular weight excluding hydrogens is 504 g/mol. The highest BCUT2D eigenvalue weighted by Crippen LogP contribution is 2.38. The third-order valence-corrected chi connectivity index (χ3v) is 5.82. The van der Waals surface area contributed by atoms with Gasteiger partial charge in [0, 0.05) is 18.2 Å². The molecule has 1 N–H and O–H groups in total. The van der Waals surface area contributed by atoms with Crippen molar-refractivity contribution in [1.82, 2.24) is 30.2 Å². The highest BCUT2D eigenvalue weighted by molar-refractivity contribution is 5.83. The first-order valence-corrected chi connectivity index (χ1v) is 11.5. The summed E-state index contributed by atoms with van der Waals surface area (Å²) in [6.45, 7) is 3.55. The van der Waals surface area contributed by atoms with Crippen LogP contribution in [0.1, 0.15) is 29.9 Å². The van der Waals surface area contributed by atoms with E-state index in [-0.39, 0.29) is 35.0 Å². The lowest BCUT2D eigenvalue weighted by Gasteiger charge is -2.16. The number of fused-ring (bicyclic) bond motifs is 1. The van der Waals surface area contributed by atoms with Crippen molar-refractivity contribution >= 4 is 5.91 Å². The van der Waals surface area contributed by atoms with Crippen molar-refractivity contribution in [2.24, 2.45) is 0 Å². The summed E-state index contributed by atoms with van der Waals surface area (Å²) < 4.78 is 62.0. The average Bonchev–Trinajstić information content (AvgIpc) is 3.51. The third kappa shape index (κ3) is 4.72. The minimum absolute atomic E-state index is 0.0367. The fraction of sp³-hybridized carbons (Fsp3) is 0.192. The Morgan fingerprint density at radius 1 is 1.05 bits per heavy atom. The number of rotatable bonds is 6. The summed E-state index contributed by atoms with van der Waals surface area (Å²) in [4.78, 5) is 21.7. The van der Waals surface area contributed by atoms with E-state index in [2.05, 4.69) is 25.5 Å². The van der Waals surface area contributed by atoms with Crippen LogP contribution in [0.2, 0.25) is 0 Å². The number of nitrogens with zero attached hydrogens (tertiary/aromatic N) is 5. The lowest BCUT2D eigenvalue weighted by Crippen LogP contribution is -2.33. The van der Waals surface area contributed by atoms with E-state index in [9.17, 15) is 22.4 Å². The molecule has 1 atom stereocenters. The molecule has 1 aromatic heterocycles. The van der Waals surface area contributed by atoms with Crippen LogP contribution in [0.4, 0.5) is 17.6 Å². The van der Waals surface area contributed by atoms with Gasteiger partial charge in [0.15, 0.2) is 17.6 Å². The van der Waals surface area contributed by atoms with Gasteiger partial charge in [0.25, 0.3) is 5.91 Å². The molecule has 3 aromatic rings. The van der Waals surface area contributed by atoms with Crippen molar-refractivity contribution in [2.45, 2.75) is 26.1 Å². The van der Waals surface area contributed by atoms with Gasteiger partial charge in [-0.15, -0.1) is 0 Å². The smallest absolute Gasteiger partial charge is 0.358 e. The maximum Gasteiger partial charge on any atom is 0.417 e. The van der Waals surface area contributed by atoms with Gasteiger partial charge in [-0.2, -0.15) is 18.3 Å². The van der Waals surface area contributed by atoms with Crippen LogP contribution in [0.5, 0.6) is 0 Å². The number of hydrogen-bond donors (Lipinski definition) is 1. The van der Waals surface area contributed by atoms with Gasteiger partial charge in [0.1, 0.15) is 22.9 Å². The van der Waals surface area contributed by atoms with Crippen LogP contribution in [-0.4, -0.2) is 37.4 Å². The monoisotopic (exact) mass is 524 g/mol. The molecule has 1 unspecified atom stereocenters. The number of aromatic nitrogens is 5. The molecule has 0 saturated carbocycles. The fourth-order valence-corrected chi connectivity index (χ4v) is 4.05. The van der Waals surface area contributed by atoms with E-state index in [0.717, 1.165) is 6.07 Å². The summed E-state index contributed by atoms with van der Waals surface area (Å²) in [5.74, 6) is -0.910. The lowest BCUT2D eigenvalue weighted by atomic mass is 10.0. The Kier molecular flexibility index (Phi) is 6.39. The highest BCUT2D eigenvalue weighted by atomic mass is 19.4. The van der Waals surface area contributed by atoms with Gasteiger partial charge in [0.2, 0.25) is 0 Å². The van der Waals surface area contributed by atoms with Gasteiger partial charge in [-0.1, -0.05) is 35.0 Å². The van der Waals surface area contributed by atoms with Crippen molar-refractivity contribution in [3.63, 3.8) is 0 Å². The zero-order chi connectivity index (χ0) is 27.0.